The molecule has 0 aliphatic heterocycles. The predicted molar refractivity (Wildman–Crippen MR) is 178 cm³/mol. The summed E-state index contributed by atoms with van der Waals surface area (Å²) in [6.07, 6.45) is 2.71. The first-order chi connectivity index (χ1) is 22.2. The van der Waals surface area contributed by atoms with Crippen LogP contribution >= 0.6 is 0 Å². The molecule has 2 heterocycles. The predicted octanol–water partition coefficient (Wildman–Crippen LogP) is 5.46. The third-order valence-electron chi connectivity index (χ3n) is 7.23. The summed E-state index contributed by atoms with van der Waals surface area (Å²) in [4.78, 5) is 52.0. The number of nitrogens with two attached hydrogens (primary N) is 1. The van der Waals surface area contributed by atoms with Crippen LogP contribution in [-0.2, 0) is 27.9 Å². The first-order valence-electron chi connectivity index (χ1n) is 15.3. The number of amidine groups is 1. The van der Waals surface area contributed by atoms with Gasteiger partial charge >= 0.3 is 12.1 Å². The second kappa shape index (κ2) is 16.2. The number of nitrogens with one attached hydrogen (secondary N) is 1. The molecule has 4 aromatic rings. The number of hydrogen-bond donors (Lipinski definition) is 2. The Morgan fingerprint density at radius 1 is 1.04 bits per heavy atom. The van der Waals surface area contributed by atoms with Crippen LogP contribution in [0.25, 0.3) is 11.0 Å². The number of rotatable bonds is 14. The molecular formula is C34H41N7O5. The van der Waals surface area contributed by atoms with Crippen LogP contribution < -0.4 is 16.0 Å². The van der Waals surface area contributed by atoms with Gasteiger partial charge in [0.2, 0.25) is 0 Å². The Labute approximate surface area is 268 Å². The molecule has 242 valence electrons. The fourth-order valence-electron chi connectivity index (χ4n) is 4.75. The van der Waals surface area contributed by atoms with E-state index in [1.807, 2.05) is 29.8 Å². The van der Waals surface area contributed by atoms with Crippen molar-refractivity contribution in [2.45, 2.75) is 46.6 Å². The van der Waals surface area contributed by atoms with Crippen molar-refractivity contribution >= 4 is 46.3 Å². The van der Waals surface area contributed by atoms with Crippen molar-refractivity contribution in [2.24, 2.45) is 23.7 Å². The number of amides is 2. The van der Waals surface area contributed by atoms with Crippen molar-refractivity contribution in [1.29, 1.82) is 0 Å². The van der Waals surface area contributed by atoms with Gasteiger partial charge in [-0.05, 0) is 80.3 Å². The zero-order chi connectivity index (χ0) is 33.1. The number of esters is 1. The lowest BCUT2D eigenvalue weighted by Gasteiger charge is -2.21. The van der Waals surface area contributed by atoms with E-state index in [1.54, 1.807) is 55.6 Å². The smallest absolute Gasteiger partial charge is 0.435 e. The van der Waals surface area contributed by atoms with Gasteiger partial charge in [0.15, 0.2) is 0 Å². The van der Waals surface area contributed by atoms with Crippen LogP contribution in [0.3, 0.4) is 0 Å². The molecule has 12 heteroatoms. The largest absolute Gasteiger partial charge is 0.466 e. The number of carbonyl (C=O) groups excluding carboxylic acids is 3. The summed E-state index contributed by atoms with van der Waals surface area (Å²) in [5, 5.41) is 3.34. The number of aryl methyl sites for hydroxylation is 1. The third kappa shape index (κ3) is 9.13. The number of imidazole rings is 1. The number of pyridine rings is 1. The normalized spacial score (nSPS) is 11.5. The van der Waals surface area contributed by atoms with Crippen molar-refractivity contribution < 1.29 is 23.9 Å². The summed E-state index contributed by atoms with van der Waals surface area (Å²) < 4.78 is 12.1. The Morgan fingerprint density at radius 2 is 1.80 bits per heavy atom. The summed E-state index contributed by atoms with van der Waals surface area (Å²) >= 11 is 0. The van der Waals surface area contributed by atoms with E-state index in [9.17, 15) is 14.4 Å². The van der Waals surface area contributed by atoms with Gasteiger partial charge in [0.05, 0.1) is 37.2 Å². The number of aromatic nitrogens is 3. The van der Waals surface area contributed by atoms with Crippen LogP contribution in [0.15, 0.2) is 71.9 Å². The van der Waals surface area contributed by atoms with E-state index < -0.39 is 6.09 Å². The molecule has 0 saturated carbocycles. The molecule has 2 amide bonds. The number of fused-ring (bicyclic) bond motifs is 1. The highest BCUT2D eigenvalue weighted by Gasteiger charge is 2.21. The number of anilines is 2. The Balaban J connectivity index is 1.41. The highest BCUT2D eigenvalue weighted by molar-refractivity contribution is 6.07. The topological polar surface area (TPSA) is 154 Å². The van der Waals surface area contributed by atoms with Gasteiger partial charge in [0.25, 0.3) is 5.91 Å². The van der Waals surface area contributed by atoms with Gasteiger partial charge in [-0.3, -0.25) is 14.5 Å². The molecule has 2 aromatic heterocycles. The van der Waals surface area contributed by atoms with Crippen molar-refractivity contribution in [3.05, 3.63) is 83.8 Å². The summed E-state index contributed by atoms with van der Waals surface area (Å²) in [6, 6.07) is 17.9. The number of nitrogens with zero attached hydrogens (tertiary/aromatic N) is 5. The average Bonchev–Trinajstić information content (AvgIpc) is 3.37. The van der Waals surface area contributed by atoms with E-state index in [0.717, 1.165) is 29.9 Å². The first-order valence-corrected chi connectivity index (χ1v) is 15.3. The first kappa shape index (κ1) is 33.6. The summed E-state index contributed by atoms with van der Waals surface area (Å²) in [5.74, 6) is 1.16. The molecule has 46 heavy (non-hydrogen) atoms. The van der Waals surface area contributed by atoms with Crippen LogP contribution in [0, 0.1) is 5.92 Å². The Morgan fingerprint density at radius 3 is 2.50 bits per heavy atom. The lowest BCUT2D eigenvalue weighted by atomic mass is 10.1. The zero-order valence-corrected chi connectivity index (χ0v) is 26.7. The van der Waals surface area contributed by atoms with Gasteiger partial charge in [0.1, 0.15) is 17.5 Å². The van der Waals surface area contributed by atoms with Gasteiger partial charge < -0.3 is 25.1 Å². The zero-order valence-electron chi connectivity index (χ0n) is 26.7. The molecule has 4 rings (SSSR count). The van der Waals surface area contributed by atoms with Gasteiger partial charge in [-0.2, -0.15) is 4.99 Å². The summed E-state index contributed by atoms with van der Waals surface area (Å²) in [6.45, 7) is 7.11. The third-order valence-corrected chi connectivity index (χ3v) is 7.23. The minimum atomic E-state index is -0.698. The Hall–Kier alpha value is -5.26. The van der Waals surface area contributed by atoms with Crippen molar-refractivity contribution in [2.75, 3.05) is 30.0 Å². The maximum atomic E-state index is 13.6. The second-order valence-electron chi connectivity index (χ2n) is 11.1. The van der Waals surface area contributed by atoms with Crippen molar-refractivity contribution in [1.82, 2.24) is 14.5 Å². The van der Waals surface area contributed by atoms with E-state index in [2.05, 4.69) is 29.1 Å². The molecule has 0 saturated heterocycles. The standard InChI is InChI=1S/C34H41N7O5/c1-5-45-31(42)17-19-41(29-10-6-7-18-36-29)33(43)25-13-16-28-27(21-25)38-30(40(28)4)22-37-26-14-11-24(12-15-26)32(35)39-34(44)46-20-8-9-23(2)3/h6-7,10-16,18,21,23,37H,5,8-9,17,19-20,22H2,1-4H3,(H2,35,39,44). The van der Waals surface area contributed by atoms with E-state index in [-0.39, 0.29) is 37.3 Å². The maximum absolute atomic E-state index is 13.6. The van der Waals surface area contributed by atoms with Gasteiger partial charge in [-0.1, -0.05) is 19.9 Å². The van der Waals surface area contributed by atoms with E-state index >= 15 is 0 Å². The summed E-state index contributed by atoms with van der Waals surface area (Å²) in [5.41, 5.74) is 9.39. The monoisotopic (exact) mass is 627 g/mol. The number of hydrogen-bond acceptors (Lipinski definition) is 8. The highest BCUT2D eigenvalue weighted by Crippen LogP contribution is 2.21. The van der Waals surface area contributed by atoms with E-state index in [0.29, 0.717) is 41.5 Å². The second-order valence-corrected chi connectivity index (χ2v) is 11.1. The lowest BCUT2D eigenvalue weighted by Crippen LogP contribution is -2.34. The van der Waals surface area contributed by atoms with Crippen molar-refractivity contribution in [3.8, 4) is 0 Å². The van der Waals surface area contributed by atoms with Crippen molar-refractivity contribution in [3.63, 3.8) is 0 Å². The maximum Gasteiger partial charge on any atom is 0.435 e. The molecule has 0 radical (unpaired) electrons. The van der Waals surface area contributed by atoms with Crippen LogP contribution in [0.1, 0.15) is 61.8 Å². The molecule has 0 unspecified atom stereocenters. The minimum Gasteiger partial charge on any atom is -0.466 e. The molecule has 0 aliphatic rings. The van der Waals surface area contributed by atoms with E-state index in [4.69, 9.17) is 20.2 Å². The molecule has 0 aliphatic carbocycles. The summed E-state index contributed by atoms with van der Waals surface area (Å²) in [7, 11) is 1.91. The van der Waals surface area contributed by atoms with Gasteiger partial charge in [-0.25, -0.2) is 14.8 Å². The SMILES string of the molecule is CCOC(=O)CCN(C(=O)c1ccc2c(c1)nc(CNc1ccc(/C(N)=N/C(=O)OCCCC(C)C)cc1)n2C)c1ccccn1. The Kier molecular flexibility index (Phi) is 11.8. The average molecular weight is 628 g/mol. The van der Waals surface area contributed by atoms with Crippen LogP contribution in [0.4, 0.5) is 16.3 Å². The van der Waals surface area contributed by atoms with Crippen LogP contribution in [0.5, 0.6) is 0 Å². The van der Waals surface area contributed by atoms with Gasteiger partial charge in [-0.15, -0.1) is 0 Å². The van der Waals surface area contributed by atoms with Crippen LogP contribution in [-0.4, -0.2) is 58.1 Å². The molecule has 12 nitrogen and oxygen atoms in total. The number of ether oxygens (including phenoxy) is 2. The van der Waals surface area contributed by atoms with Gasteiger partial charge in [0, 0.05) is 36.6 Å². The molecule has 0 bridgehead atoms. The Bertz CT molecular complexity index is 1670. The molecule has 2 aromatic carbocycles. The number of aliphatic imine (C=N–C) groups is 1. The molecule has 0 spiro atoms. The molecule has 3 N–H and O–H groups in total. The highest BCUT2D eigenvalue weighted by atomic mass is 16.5. The quantitative estimate of drug-likeness (QED) is 0.0803. The fraction of sp³-hybridized carbons (Fsp3) is 0.353. The van der Waals surface area contributed by atoms with E-state index in [1.165, 1.54) is 4.90 Å². The number of carbonyl (C=O) groups is 3. The minimum absolute atomic E-state index is 0.0449. The number of benzene rings is 2. The lowest BCUT2D eigenvalue weighted by molar-refractivity contribution is -0.142. The molecular weight excluding hydrogens is 586 g/mol. The molecule has 0 fully saturated rings. The fourth-order valence-corrected chi connectivity index (χ4v) is 4.75. The molecule has 0 atom stereocenters. The van der Waals surface area contributed by atoms with Crippen LogP contribution in [0.2, 0.25) is 0 Å².